The van der Waals surface area contributed by atoms with Crippen molar-refractivity contribution < 1.29 is 13.2 Å². The fraction of sp³-hybridized carbons (Fsp3) is 0.391. The van der Waals surface area contributed by atoms with Crippen molar-refractivity contribution in [3.63, 3.8) is 0 Å². The molecule has 0 saturated carbocycles. The van der Waals surface area contributed by atoms with E-state index in [2.05, 4.69) is 56.0 Å². The Morgan fingerprint density at radius 2 is 1.84 bits per heavy atom. The number of carbonyl (C=O) groups is 1. The second-order valence-electron chi connectivity index (χ2n) is 8.22. The first-order valence-electron chi connectivity index (χ1n) is 10.9. The lowest BCUT2D eigenvalue weighted by atomic mass is 10.2. The highest BCUT2D eigenvalue weighted by atomic mass is 32.2. The van der Waals surface area contributed by atoms with Gasteiger partial charge in [-0.1, -0.05) is 18.2 Å². The predicted molar refractivity (Wildman–Crippen MR) is 127 cm³/mol. The number of nitrogens with zero attached hydrogens (tertiary/aromatic N) is 3. The lowest BCUT2D eigenvalue weighted by Crippen LogP contribution is -2.48. The largest absolute Gasteiger partial charge is 0.369 e. The summed E-state index contributed by atoms with van der Waals surface area (Å²) in [5, 5.41) is 2.83. The van der Waals surface area contributed by atoms with Gasteiger partial charge in [0, 0.05) is 50.5 Å². The maximum Gasteiger partial charge on any atom is 0.262 e. The maximum atomic E-state index is 12.6. The Hall–Kier alpha value is -2.91. The monoisotopic (exact) mass is 455 g/mol. The van der Waals surface area contributed by atoms with Crippen LogP contribution in [0.3, 0.4) is 0 Å². The summed E-state index contributed by atoms with van der Waals surface area (Å²) in [6.45, 7) is 6.31. The smallest absolute Gasteiger partial charge is 0.262 e. The van der Waals surface area contributed by atoms with Gasteiger partial charge in [-0.05, 0) is 49.2 Å². The van der Waals surface area contributed by atoms with Crippen molar-refractivity contribution in [1.29, 1.82) is 0 Å². The van der Waals surface area contributed by atoms with E-state index in [-0.39, 0.29) is 17.3 Å². The van der Waals surface area contributed by atoms with E-state index in [0.717, 1.165) is 32.6 Å². The van der Waals surface area contributed by atoms with Crippen LogP contribution in [0.25, 0.3) is 0 Å². The van der Waals surface area contributed by atoms with Crippen LogP contribution in [0, 0.1) is 6.92 Å². The summed E-state index contributed by atoms with van der Waals surface area (Å²) in [6, 6.07) is 14.8. The summed E-state index contributed by atoms with van der Waals surface area (Å²) >= 11 is 0. The predicted octanol–water partition coefficient (Wildman–Crippen LogP) is 2.23. The third-order valence-electron chi connectivity index (χ3n) is 5.66. The van der Waals surface area contributed by atoms with Gasteiger partial charge < -0.3 is 10.2 Å². The maximum absolute atomic E-state index is 12.6. The van der Waals surface area contributed by atoms with Crippen molar-refractivity contribution in [2.45, 2.75) is 24.7 Å². The highest BCUT2D eigenvalue weighted by Crippen LogP contribution is 2.19. The van der Waals surface area contributed by atoms with Crippen LogP contribution in [0.15, 0.2) is 58.4 Å². The van der Waals surface area contributed by atoms with E-state index in [9.17, 15) is 13.2 Å². The molecule has 9 heteroatoms. The lowest BCUT2D eigenvalue weighted by Gasteiger charge is -2.35. The molecule has 170 valence electrons. The Labute approximate surface area is 189 Å². The summed E-state index contributed by atoms with van der Waals surface area (Å²) in [5.41, 5.74) is 2.91. The summed E-state index contributed by atoms with van der Waals surface area (Å²) in [6.07, 6.45) is 1.49. The van der Waals surface area contributed by atoms with E-state index >= 15 is 0 Å². The van der Waals surface area contributed by atoms with Crippen molar-refractivity contribution in [2.24, 2.45) is 4.99 Å². The average molecular weight is 456 g/mol. The van der Waals surface area contributed by atoms with Gasteiger partial charge >= 0.3 is 0 Å². The molecule has 0 aliphatic carbocycles. The van der Waals surface area contributed by atoms with Crippen molar-refractivity contribution in [3.05, 3.63) is 54.1 Å². The van der Waals surface area contributed by atoms with Gasteiger partial charge in [-0.2, -0.15) is 0 Å². The summed E-state index contributed by atoms with van der Waals surface area (Å²) in [5.74, 6) is 0.334. The zero-order valence-corrected chi connectivity index (χ0v) is 19.1. The van der Waals surface area contributed by atoms with Gasteiger partial charge in [0.15, 0.2) is 0 Å². The molecular weight excluding hydrogens is 426 g/mol. The van der Waals surface area contributed by atoms with Crippen molar-refractivity contribution in [3.8, 4) is 0 Å². The van der Waals surface area contributed by atoms with Crippen LogP contribution in [0.5, 0.6) is 0 Å². The topological polar surface area (TPSA) is 94.1 Å². The Kier molecular flexibility index (Phi) is 6.76. The number of anilines is 2. The van der Waals surface area contributed by atoms with Crippen molar-refractivity contribution in [1.82, 2.24) is 9.62 Å². The van der Waals surface area contributed by atoms with Crippen LogP contribution in [-0.2, 0) is 14.8 Å². The van der Waals surface area contributed by atoms with E-state index in [1.807, 2.05) is 0 Å². The number of benzene rings is 2. The molecule has 0 aromatic heterocycles. The molecule has 4 rings (SSSR count). The number of amides is 1. The molecule has 0 radical (unpaired) electrons. The molecule has 2 aliphatic heterocycles. The number of piperazine rings is 1. The zero-order valence-electron chi connectivity index (χ0n) is 18.3. The Balaban J connectivity index is 1.30. The fourth-order valence-corrected chi connectivity index (χ4v) is 5.10. The highest BCUT2D eigenvalue weighted by molar-refractivity contribution is 7.90. The summed E-state index contributed by atoms with van der Waals surface area (Å²) in [7, 11) is -3.71. The number of hydrogen-bond acceptors (Lipinski definition) is 6. The molecule has 2 aromatic carbocycles. The molecule has 0 unspecified atom stereocenters. The van der Waals surface area contributed by atoms with Crippen LogP contribution in [0.4, 0.5) is 11.4 Å². The first-order chi connectivity index (χ1) is 15.4. The first-order valence-corrected chi connectivity index (χ1v) is 12.4. The molecule has 1 fully saturated rings. The molecule has 1 saturated heterocycles. The van der Waals surface area contributed by atoms with E-state index in [0.29, 0.717) is 24.5 Å². The summed E-state index contributed by atoms with van der Waals surface area (Å²) in [4.78, 5) is 21.3. The Morgan fingerprint density at radius 1 is 1.06 bits per heavy atom. The number of rotatable bonds is 6. The minimum Gasteiger partial charge on any atom is -0.369 e. The van der Waals surface area contributed by atoms with Gasteiger partial charge in [-0.25, -0.2) is 8.42 Å². The number of hydrogen-bond donors (Lipinski definition) is 2. The SMILES string of the molecule is Cc1cccc(N2CCN(CC(=O)Nc3cccc(S(=O)(=O)NC4=NCCC4)c3)CC2)c1. The second-order valence-corrected chi connectivity index (χ2v) is 9.90. The number of carbonyl (C=O) groups excluding carboxylic acids is 1. The van der Waals surface area contributed by atoms with Crippen LogP contribution in [0.2, 0.25) is 0 Å². The quantitative estimate of drug-likeness (QED) is 0.697. The lowest BCUT2D eigenvalue weighted by molar-refractivity contribution is -0.117. The molecular formula is C23H29N5O3S. The van der Waals surface area contributed by atoms with E-state index in [1.165, 1.54) is 23.4 Å². The van der Waals surface area contributed by atoms with Crippen LogP contribution in [0.1, 0.15) is 18.4 Å². The van der Waals surface area contributed by atoms with Gasteiger partial charge in [0.2, 0.25) is 5.91 Å². The fourth-order valence-electron chi connectivity index (χ4n) is 3.97. The number of aryl methyl sites for hydroxylation is 1. The highest BCUT2D eigenvalue weighted by Gasteiger charge is 2.21. The molecule has 2 aromatic rings. The summed E-state index contributed by atoms with van der Waals surface area (Å²) < 4.78 is 27.7. The molecule has 0 spiro atoms. The van der Waals surface area contributed by atoms with Crippen LogP contribution < -0.4 is 14.9 Å². The molecule has 2 aliphatic rings. The molecule has 8 nitrogen and oxygen atoms in total. The van der Waals surface area contributed by atoms with Crippen LogP contribution >= 0.6 is 0 Å². The number of nitrogens with one attached hydrogen (secondary N) is 2. The Bertz CT molecular complexity index is 1110. The normalized spacial score (nSPS) is 17.2. The molecule has 0 atom stereocenters. The van der Waals surface area contributed by atoms with E-state index in [4.69, 9.17) is 0 Å². The van der Waals surface area contributed by atoms with Gasteiger partial charge in [0.25, 0.3) is 10.0 Å². The van der Waals surface area contributed by atoms with Gasteiger partial charge in [0.1, 0.15) is 5.84 Å². The van der Waals surface area contributed by atoms with E-state index < -0.39 is 10.0 Å². The minimum absolute atomic E-state index is 0.108. The average Bonchev–Trinajstić information content (AvgIpc) is 3.27. The minimum atomic E-state index is -3.71. The zero-order chi connectivity index (χ0) is 22.6. The van der Waals surface area contributed by atoms with Crippen LogP contribution in [-0.4, -0.2) is 64.3 Å². The molecule has 0 bridgehead atoms. The third-order valence-corrected chi connectivity index (χ3v) is 7.04. The van der Waals surface area contributed by atoms with Gasteiger partial charge in [-0.15, -0.1) is 0 Å². The van der Waals surface area contributed by atoms with Gasteiger partial charge in [-0.3, -0.25) is 19.4 Å². The molecule has 32 heavy (non-hydrogen) atoms. The number of sulfonamides is 1. The second kappa shape index (κ2) is 9.70. The van der Waals surface area contributed by atoms with Crippen molar-refractivity contribution in [2.75, 3.05) is 49.5 Å². The first kappa shape index (κ1) is 22.3. The van der Waals surface area contributed by atoms with Gasteiger partial charge in [0.05, 0.1) is 11.4 Å². The molecule has 2 heterocycles. The number of amidine groups is 1. The molecule has 1 amide bonds. The Morgan fingerprint density at radius 3 is 2.56 bits per heavy atom. The molecule has 2 N–H and O–H groups in total. The number of aliphatic imine (C=N–C) groups is 1. The third kappa shape index (κ3) is 5.66. The van der Waals surface area contributed by atoms with Crippen molar-refractivity contribution >= 4 is 33.1 Å². The van der Waals surface area contributed by atoms with E-state index in [1.54, 1.807) is 12.1 Å². The standard InChI is InChI=1S/C23H29N5O3S/c1-18-5-2-7-20(15-18)28-13-11-27(12-14-28)17-23(29)25-19-6-3-8-21(16-19)32(30,31)26-22-9-4-10-24-22/h2-3,5-8,15-16H,4,9-14,17H2,1H3,(H,24,26)(H,25,29).